The molecular weight excluding hydrogens is 338 g/mol. The normalized spacial score (nSPS) is 14.8. The molecule has 8 nitrogen and oxygen atoms in total. The molecule has 0 spiro atoms. The van der Waals surface area contributed by atoms with Gasteiger partial charge < -0.3 is 9.80 Å². The fraction of sp³-hybridized carbons (Fsp3) is 0.312. The summed E-state index contributed by atoms with van der Waals surface area (Å²) in [6.45, 7) is 4.60. The highest BCUT2D eigenvalue weighted by molar-refractivity contribution is 7.09. The summed E-state index contributed by atoms with van der Waals surface area (Å²) in [4.78, 5) is 21.2. The first-order chi connectivity index (χ1) is 12.2. The van der Waals surface area contributed by atoms with E-state index in [1.807, 2.05) is 42.2 Å². The highest BCUT2D eigenvalue weighted by Crippen LogP contribution is 2.22. The van der Waals surface area contributed by atoms with Gasteiger partial charge in [-0.1, -0.05) is 30.3 Å². The van der Waals surface area contributed by atoms with Gasteiger partial charge in [-0.3, -0.25) is 4.79 Å². The highest BCUT2D eigenvalue weighted by atomic mass is 32.1. The lowest BCUT2D eigenvalue weighted by Gasteiger charge is -2.34. The molecule has 0 atom stereocenters. The van der Waals surface area contributed by atoms with Gasteiger partial charge in [-0.05, 0) is 6.92 Å². The van der Waals surface area contributed by atoms with E-state index in [0.29, 0.717) is 24.5 Å². The number of carbonyl (C=O) groups excluding carboxylic acids is 1. The van der Waals surface area contributed by atoms with Crippen LogP contribution in [-0.2, 0) is 0 Å². The van der Waals surface area contributed by atoms with Crippen LogP contribution >= 0.6 is 11.5 Å². The molecule has 3 heterocycles. The molecule has 0 saturated carbocycles. The number of aromatic nitrogens is 5. The number of amides is 1. The number of anilines is 1. The summed E-state index contributed by atoms with van der Waals surface area (Å²) in [6.07, 6.45) is 0. The Hall–Kier alpha value is -2.81. The number of benzene rings is 1. The Morgan fingerprint density at radius 3 is 2.56 bits per heavy atom. The van der Waals surface area contributed by atoms with Crippen LogP contribution < -0.4 is 4.90 Å². The van der Waals surface area contributed by atoms with Crippen LogP contribution in [0.15, 0.2) is 30.3 Å². The van der Waals surface area contributed by atoms with Crippen molar-refractivity contribution in [3.8, 4) is 11.3 Å². The maximum absolute atomic E-state index is 12.9. The average molecular weight is 355 g/mol. The summed E-state index contributed by atoms with van der Waals surface area (Å²) in [6, 6.07) is 9.61. The van der Waals surface area contributed by atoms with Gasteiger partial charge in [0.25, 0.3) is 5.91 Å². The van der Waals surface area contributed by atoms with E-state index >= 15 is 0 Å². The molecule has 1 N–H and O–H groups in total. The molecule has 9 heteroatoms. The first-order valence-electron chi connectivity index (χ1n) is 8.03. The third-order valence-corrected chi connectivity index (χ3v) is 5.02. The van der Waals surface area contributed by atoms with Crippen LogP contribution in [0.4, 0.5) is 5.13 Å². The number of aromatic amines is 1. The minimum Gasteiger partial charge on any atom is -0.343 e. The zero-order valence-electron chi connectivity index (χ0n) is 13.7. The molecule has 1 amide bonds. The van der Waals surface area contributed by atoms with Crippen molar-refractivity contribution in [1.29, 1.82) is 0 Å². The van der Waals surface area contributed by atoms with Crippen LogP contribution in [0.5, 0.6) is 0 Å². The van der Waals surface area contributed by atoms with Gasteiger partial charge in [0, 0.05) is 43.3 Å². The lowest BCUT2D eigenvalue weighted by Crippen LogP contribution is -2.49. The first-order valence-corrected chi connectivity index (χ1v) is 8.80. The lowest BCUT2D eigenvalue weighted by atomic mass is 10.1. The number of nitrogens with one attached hydrogen (secondary N) is 1. The Labute approximate surface area is 148 Å². The van der Waals surface area contributed by atoms with Gasteiger partial charge in [0.05, 0.1) is 0 Å². The third-order valence-electron chi connectivity index (χ3n) is 4.15. The maximum Gasteiger partial charge on any atom is 0.276 e. The van der Waals surface area contributed by atoms with Crippen LogP contribution in [0.3, 0.4) is 0 Å². The van der Waals surface area contributed by atoms with Crippen LogP contribution in [0, 0.1) is 6.92 Å². The molecule has 0 unspecified atom stereocenters. The second kappa shape index (κ2) is 6.60. The molecule has 1 fully saturated rings. The molecule has 0 aliphatic carbocycles. The molecule has 2 aromatic heterocycles. The molecule has 1 aliphatic heterocycles. The van der Waals surface area contributed by atoms with E-state index in [0.717, 1.165) is 29.6 Å². The van der Waals surface area contributed by atoms with Crippen LogP contribution in [0.25, 0.3) is 11.3 Å². The Morgan fingerprint density at radius 1 is 1.12 bits per heavy atom. The number of carbonyl (C=O) groups is 1. The van der Waals surface area contributed by atoms with Crippen molar-refractivity contribution in [2.75, 3.05) is 31.1 Å². The van der Waals surface area contributed by atoms with Gasteiger partial charge in [-0.15, -0.1) is 0 Å². The SMILES string of the molecule is Cc1nsc(N2CCN(C(=O)c3n[nH]nc3-c3ccccc3)CC2)n1. The molecular formula is C16H17N7OS. The molecule has 128 valence electrons. The minimum atomic E-state index is -0.0966. The zero-order chi connectivity index (χ0) is 17.2. The Balaban J connectivity index is 1.47. The van der Waals surface area contributed by atoms with Gasteiger partial charge in [-0.25, -0.2) is 4.98 Å². The number of aryl methyl sites for hydroxylation is 1. The average Bonchev–Trinajstić information content (AvgIpc) is 3.31. The lowest BCUT2D eigenvalue weighted by molar-refractivity contribution is 0.0741. The Bertz CT molecular complexity index is 868. The standard InChI is InChI=1S/C16H17N7OS/c1-11-17-16(25-20-11)23-9-7-22(8-10-23)15(24)14-13(18-21-19-14)12-5-3-2-4-6-12/h2-6H,7-10H2,1H3,(H,18,19,21). The number of hydrogen-bond donors (Lipinski definition) is 1. The van der Waals surface area contributed by atoms with Crippen molar-refractivity contribution in [3.63, 3.8) is 0 Å². The van der Waals surface area contributed by atoms with Gasteiger partial charge in [-0.2, -0.15) is 19.8 Å². The predicted octanol–water partition coefficient (Wildman–Crippen LogP) is 1.59. The van der Waals surface area contributed by atoms with E-state index in [-0.39, 0.29) is 5.91 Å². The molecule has 0 bridgehead atoms. The van der Waals surface area contributed by atoms with Gasteiger partial charge in [0.2, 0.25) is 5.13 Å². The number of rotatable bonds is 3. The van der Waals surface area contributed by atoms with Crippen molar-refractivity contribution in [3.05, 3.63) is 41.9 Å². The van der Waals surface area contributed by atoms with E-state index in [9.17, 15) is 4.79 Å². The Kier molecular flexibility index (Phi) is 4.14. The van der Waals surface area contributed by atoms with Crippen molar-refractivity contribution in [2.45, 2.75) is 6.92 Å². The Morgan fingerprint density at radius 2 is 1.88 bits per heavy atom. The van der Waals surface area contributed by atoms with Crippen LogP contribution in [0.1, 0.15) is 16.3 Å². The first kappa shape index (κ1) is 15.7. The summed E-state index contributed by atoms with van der Waals surface area (Å²) < 4.78 is 4.22. The number of nitrogens with zero attached hydrogens (tertiary/aromatic N) is 6. The van der Waals surface area contributed by atoms with Gasteiger partial charge in [0.1, 0.15) is 11.5 Å². The fourth-order valence-corrected chi connectivity index (χ4v) is 3.57. The highest BCUT2D eigenvalue weighted by Gasteiger charge is 2.27. The van der Waals surface area contributed by atoms with E-state index < -0.39 is 0 Å². The molecule has 1 saturated heterocycles. The summed E-state index contributed by atoms with van der Waals surface area (Å²) >= 11 is 1.40. The second-order valence-corrected chi connectivity index (χ2v) is 6.52. The number of H-pyrrole nitrogens is 1. The molecule has 4 rings (SSSR count). The fourth-order valence-electron chi connectivity index (χ4n) is 2.84. The van der Waals surface area contributed by atoms with E-state index in [2.05, 4.69) is 29.7 Å². The molecule has 3 aromatic rings. The third kappa shape index (κ3) is 3.10. The second-order valence-electron chi connectivity index (χ2n) is 5.79. The van der Waals surface area contributed by atoms with Crippen LogP contribution in [-0.4, -0.2) is 61.8 Å². The smallest absolute Gasteiger partial charge is 0.276 e. The maximum atomic E-state index is 12.9. The summed E-state index contributed by atoms with van der Waals surface area (Å²) in [7, 11) is 0. The van der Waals surface area contributed by atoms with E-state index in [1.54, 1.807) is 0 Å². The summed E-state index contributed by atoms with van der Waals surface area (Å²) in [5.41, 5.74) is 1.83. The van der Waals surface area contributed by atoms with Gasteiger partial charge >= 0.3 is 0 Å². The van der Waals surface area contributed by atoms with Crippen molar-refractivity contribution >= 4 is 22.6 Å². The summed E-state index contributed by atoms with van der Waals surface area (Å²) in [5, 5.41) is 11.7. The van der Waals surface area contributed by atoms with Crippen molar-refractivity contribution in [1.82, 2.24) is 29.7 Å². The largest absolute Gasteiger partial charge is 0.343 e. The van der Waals surface area contributed by atoms with E-state index in [1.165, 1.54) is 11.5 Å². The quantitative estimate of drug-likeness (QED) is 0.767. The summed E-state index contributed by atoms with van der Waals surface area (Å²) in [5.74, 6) is 0.689. The number of hydrogen-bond acceptors (Lipinski definition) is 7. The zero-order valence-corrected chi connectivity index (χ0v) is 14.5. The number of piperazine rings is 1. The minimum absolute atomic E-state index is 0.0966. The van der Waals surface area contributed by atoms with Crippen molar-refractivity contribution in [2.24, 2.45) is 0 Å². The monoisotopic (exact) mass is 355 g/mol. The molecule has 25 heavy (non-hydrogen) atoms. The molecule has 1 aliphatic rings. The predicted molar refractivity (Wildman–Crippen MR) is 94.6 cm³/mol. The van der Waals surface area contributed by atoms with E-state index in [4.69, 9.17) is 0 Å². The van der Waals surface area contributed by atoms with Crippen LogP contribution in [0.2, 0.25) is 0 Å². The van der Waals surface area contributed by atoms with Gasteiger partial charge in [0.15, 0.2) is 5.69 Å². The molecule has 0 radical (unpaired) electrons. The van der Waals surface area contributed by atoms with Crippen molar-refractivity contribution < 1.29 is 4.79 Å². The topological polar surface area (TPSA) is 90.9 Å². The molecule has 1 aromatic carbocycles.